The highest BCUT2D eigenvalue weighted by atomic mass is 16.6. The van der Waals surface area contributed by atoms with Crippen molar-refractivity contribution < 1.29 is 49.6 Å². The zero-order valence-electron chi connectivity index (χ0n) is 16.6. The Labute approximate surface area is 187 Å². The molecule has 0 aliphatic carbocycles. The number of benzene rings is 2. The molecule has 0 amide bonds. The number of hydrogen-bond acceptors (Lipinski definition) is 15. The summed E-state index contributed by atoms with van der Waals surface area (Å²) in [5.41, 5.74) is -11.8. The molecule has 0 aliphatic rings. The molecule has 35 heavy (non-hydrogen) atoms. The standard InChI is InChI=1S/C16H8N4O15/c1-2-3-9(21)14(26)16(35-15(3)8(20(33)34)10(22)5(2)17(27)28)4-6(18(29)30)11(23)13(25)12(24)7(4)19(31)32/h22-26H,1H3. The zero-order valence-corrected chi connectivity index (χ0v) is 16.6. The first-order valence-corrected chi connectivity index (χ1v) is 8.59. The first-order chi connectivity index (χ1) is 16.1. The van der Waals surface area contributed by atoms with Crippen molar-refractivity contribution in [2.45, 2.75) is 6.92 Å². The maximum absolute atomic E-state index is 12.9. The van der Waals surface area contributed by atoms with Crippen LogP contribution in [0.15, 0.2) is 9.21 Å². The van der Waals surface area contributed by atoms with Crippen LogP contribution in [0.1, 0.15) is 5.56 Å². The summed E-state index contributed by atoms with van der Waals surface area (Å²) in [6.07, 6.45) is 0. The van der Waals surface area contributed by atoms with Gasteiger partial charge in [-0.2, -0.15) is 0 Å². The van der Waals surface area contributed by atoms with E-state index < -0.39 is 104 Å². The minimum Gasteiger partial charge on any atom is -0.502 e. The maximum atomic E-state index is 12.9. The Kier molecular flexibility index (Phi) is 5.25. The molecule has 1 heterocycles. The van der Waals surface area contributed by atoms with Crippen molar-refractivity contribution >= 4 is 33.7 Å². The summed E-state index contributed by atoms with van der Waals surface area (Å²) in [6, 6.07) is 0. The molecule has 0 fully saturated rings. The van der Waals surface area contributed by atoms with E-state index in [1.54, 1.807) is 0 Å². The summed E-state index contributed by atoms with van der Waals surface area (Å²) in [5, 5.41) is 94.8. The van der Waals surface area contributed by atoms with Crippen LogP contribution in [0.4, 0.5) is 22.7 Å². The molecule has 0 bridgehead atoms. The second-order valence-electron chi connectivity index (χ2n) is 6.63. The van der Waals surface area contributed by atoms with E-state index in [1.165, 1.54) is 0 Å². The molecule has 0 radical (unpaired) electrons. The summed E-state index contributed by atoms with van der Waals surface area (Å²) < 4.78 is 4.99. The zero-order chi connectivity index (χ0) is 26.7. The van der Waals surface area contributed by atoms with Crippen molar-refractivity contribution in [2.24, 2.45) is 0 Å². The van der Waals surface area contributed by atoms with Gasteiger partial charge >= 0.3 is 22.7 Å². The van der Waals surface area contributed by atoms with E-state index in [1.807, 2.05) is 0 Å². The van der Waals surface area contributed by atoms with Gasteiger partial charge in [0.05, 0.1) is 25.1 Å². The number of hydrogen-bond donors (Lipinski definition) is 5. The quantitative estimate of drug-likeness (QED) is 0.191. The molecule has 0 saturated carbocycles. The van der Waals surface area contributed by atoms with Crippen LogP contribution in [0.25, 0.3) is 22.3 Å². The van der Waals surface area contributed by atoms with E-state index in [0.717, 1.165) is 6.92 Å². The second kappa shape index (κ2) is 7.68. The van der Waals surface area contributed by atoms with Gasteiger partial charge in [-0.15, -0.1) is 0 Å². The van der Waals surface area contributed by atoms with E-state index >= 15 is 0 Å². The molecule has 182 valence electrons. The lowest BCUT2D eigenvalue weighted by molar-refractivity contribution is -0.395. The minimum atomic E-state index is -1.77. The fourth-order valence-corrected chi connectivity index (χ4v) is 3.37. The van der Waals surface area contributed by atoms with E-state index in [-0.39, 0.29) is 0 Å². The minimum absolute atomic E-state index is 0.746. The van der Waals surface area contributed by atoms with Crippen molar-refractivity contribution in [2.75, 3.05) is 0 Å². The van der Waals surface area contributed by atoms with Gasteiger partial charge in [0, 0.05) is 5.56 Å². The molecule has 0 aliphatic heterocycles. The van der Waals surface area contributed by atoms with Gasteiger partial charge in [-0.05, 0) is 6.92 Å². The summed E-state index contributed by atoms with van der Waals surface area (Å²) in [5.74, 6) is -10.2. The van der Waals surface area contributed by atoms with Gasteiger partial charge in [-0.25, -0.2) is 0 Å². The molecule has 0 atom stereocenters. The van der Waals surface area contributed by atoms with Gasteiger partial charge in [0.2, 0.25) is 34.0 Å². The Hall–Kier alpha value is -5.75. The van der Waals surface area contributed by atoms with Crippen molar-refractivity contribution in [3.63, 3.8) is 0 Å². The predicted molar refractivity (Wildman–Crippen MR) is 108 cm³/mol. The lowest BCUT2D eigenvalue weighted by Gasteiger charge is -2.12. The van der Waals surface area contributed by atoms with Crippen molar-refractivity contribution in [3.05, 3.63) is 56.2 Å². The van der Waals surface area contributed by atoms with Crippen LogP contribution in [0, 0.1) is 47.4 Å². The third kappa shape index (κ3) is 3.18. The molecular formula is C16H8N4O15. The Morgan fingerprint density at radius 2 is 1.06 bits per heavy atom. The highest BCUT2D eigenvalue weighted by Crippen LogP contribution is 2.57. The number of nitrogens with zero attached hydrogens (tertiary/aromatic N) is 4. The van der Waals surface area contributed by atoms with Gasteiger partial charge in [-0.3, -0.25) is 45.3 Å². The fraction of sp³-hybridized carbons (Fsp3) is 0.0625. The summed E-state index contributed by atoms with van der Waals surface area (Å²) in [4.78, 5) is 52.9. The average Bonchev–Trinajstić information content (AvgIpc) is 2.72. The number of phenols is 4. The molecule has 0 spiro atoms. The Morgan fingerprint density at radius 3 is 1.46 bits per heavy atom. The maximum Gasteiger partial charge on any atom is 0.360 e. The van der Waals surface area contributed by atoms with E-state index in [4.69, 9.17) is 4.42 Å². The summed E-state index contributed by atoms with van der Waals surface area (Å²) in [6.45, 7) is 0.836. The molecule has 3 rings (SSSR count). The van der Waals surface area contributed by atoms with Gasteiger partial charge in [0.1, 0.15) is 0 Å². The second-order valence-corrected chi connectivity index (χ2v) is 6.63. The lowest BCUT2D eigenvalue weighted by Crippen LogP contribution is -2.09. The summed E-state index contributed by atoms with van der Waals surface area (Å²) in [7, 11) is 0. The van der Waals surface area contributed by atoms with E-state index in [9.17, 15) is 70.8 Å². The molecule has 0 saturated heterocycles. The van der Waals surface area contributed by atoms with Crippen LogP contribution in [-0.2, 0) is 0 Å². The Morgan fingerprint density at radius 1 is 0.629 bits per heavy atom. The lowest BCUT2D eigenvalue weighted by atomic mass is 10.0. The SMILES string of the molecule is Cc1c([N+](=O)[O-])c(O)c([N+](=O)[O-])c2oc(-c3c([N+](=O)[O-])c(O)c(O)c(O)c3[N+](=O)[O-])c(O)c(=O)c12. The third-order valence-electron chi connectivity index (χ3n) is 4.81. The van der Waals surface area contributed by atoms with Crippen molar-refractivity contribution in [1.82, 2.24) is 0 Å². The number of fused-ring (bicyclic) bond motifs is 1. The van der Waals surface area contributed by atoms with Crippen LogP contribution in [-0.4, -0.2) is 45.2 Å². The largest absolute Gasteiger partial charge is 0.502 e. The third-order valence-corrected chi connectivity index (χ3v) is 4.81. The van der Waals surface area contributed by atoms with Crippen molar-refractivity contribution in [1.29, 1.82) is 0 Å². The molecule has 0 unspecified atom stereocenters. The van der Waals surface area contributed by atoms with Crippen LogP contribution < -0.4 is 5.43 Å². The average molecular weight is 496 g/mol. The molecule has 19 heteroatoms. The van der Waals surface area contributed by atoms with E-state index in [2.05, 4.69) is 0 Å². The fourth-order valence-electron chi connectivity index (χ4n) is 3.37. The number of aryl methyl sites for hydroxylation is 1. The molecule has 1 aromatic heterocycles. The molecule has 5 N–H and O–H groups in total. The summed E-state index contributed by atoms with van der Waals surface area (Å²) >= 11 is 0. The van der Waals surface area contributed by atoms with Crippen LogP contribution >= 0.6 is 0 Å². The Bertz CT molecular complexity index is 1550. The number of rotatable bonds is 5. The number of phenolic OH excluding ortho intramolecular Hbond substituents is 4. The van der Waals surface area contributed by atoms with Crippen LogP contribution in [0.5, 0.6) is 28.7 Å². The van der Waals surface area contributed by atoms with Gasteiger partial charge in [0.15, 0.2) is 11.3 Å². The van der Waals surface area contributed by atoms with Crippen molar-refractivity contribution in [3.8, 4) is 40.1 Å². The normalized spacial score (nSPS) is 10.9. The molecule has 19 nitrogen and oxygen atoms in total. The number of nitro benzene ring substituents is 4. The first-order valence-electron chi connectivity index (χ1n) is 8.59. The highest BCUT2D eigenvalue weighted by molar-refractivity contribution is 5.99. The van der Waals surface area contributed by atoms with Gasteiger partial charge < -0.3 is 29.9 Å². The number of nitro groups is 4. The Balaban J connectivity index is 2.76. The van der Waals surface area contributed by atoms with Crippen LogP contribution in [0.3, 0.4) is 0 Å². The first kappa shape index (κ1) is 23.9. The predicted octanol–water partition coefficient (Wildman–Crippen LogP) is 1.93. The topological polar surface area (TPSA) is 304 Å². The molecular weight excluding hydrogens is 488 g/mol. The highest BCUT2D eigenvalue weighted by Gasteiger charge is 2.43. The number of aromatic hydroxyl groups is 5. The van der Waals surface area contributed by atoms with E-state index in [0.29, 0.717) is 0 Å². The smallest absolute Gasteiger partial charge is 0.360 e. The molecule has 2 aromatic carbocycles. The monoisotopic (exact) mass is 496 g/mol. The van der Waals surface area contributed by atoms with Gasteiger partial charge in [-0.1, -0.05) is 0 Å². The molecule has 3 aromatic rings. The van der Waals surface area contributed by atoms with Crippen LogP contribution in [0.2, 0.25) is 0 Å². The van der Waals surface area contributed by atoms with Gasteiger partial charge in [0.25, 0.3) is 5.75 Å².